The number of carbonyl (C=O) groups excluding carboxylic acids is 2. The predicted octanol–water partition coefficient (Wildman–Crippen LogP) is 4.84. The van der Waals surface area contributed by atoms with E-state index in [1.165, 1.54) is 4.31 Å². The first-order valence-corrected chi connectivity index (χ1v) is 15.6. The Kier molecular flexibility index (Phi) is 10.8. The van der Waals surface area contributed by atoms with Gasteiger partial charge in [-0.05, 0) is 61.2 Å². The number of piperidine rings is 1. The molecule has 0 radical (unpaired) electrons. The van der Waals surface area contributed by atoms with Crippen molar-refractivity contribution in [1.82, 2.24) is 14.1 Å². The molecule has 3 aromatic rings. The van der Waals surface area contributed by atoms with Crippen molar-refractivity contribution in [2.24, 2.45) is 0 Å². The number of benzene rings is 3. The molecular formula is C31H36ClN3O5S. The number of hydrogen-bond acceptors (Lipinski definition) is 5. The van der Waals surface area contributed by atoms with E-state index >= 15 is 0 Å². The number of nitrogens with zero attached hydrogens (tertiary/aromatic N) is 3. The van der Waals surface area contributed by atoms with E-state index in [2.05, 4.69) is 0 Å². The molecule has 0 N–H and O–H groups in total. The number of likely N-dealkylation sites (tertiary alicyclic amines) is 1. The Balaban J connectivity index is 1.44. The van der Waals surface area contributed by atoms with E-state index in [0.717, 1.165) is 5.56 Å². The minimum Gasteiger partial charge on any atom is -0.484 e. The maximum Gasteiger partial charge on any atom is 0.260 e. The summed E-state index contributed by atoms with van der Waals surface area (Å²) in [5, 5.41) is 0.593. The third-order valence-electron chi connectivity index (χ3n) is 7.12. The lowest BCUT2D eigenvalue weighted by Crippen LogP contribution is -2.51. The second-order valence-corrected chi connectivity index (χ2v) is 12.4. The Morgan fingerprint density at radius 3 is 2.15 bits per heavy atom. The van der Waals surface area contributed by atoms with E-state index in [1.54, 1.807) is 64.4 Å². The minimum absolute atomic E-state index is 0.0811. The highest BCUT2D eigenvalue weighted by Gasteiger charge is 2.33. The van der Waals surface area contributed by atoms with Crippen LogP contribution in [0.5, 0.6) is 5.75 Å². The molecule has 3 aromatic carbocycles. The van der Waals surface area contributed by atoms with E-state index < -0.39 is 10.0 Å². The van der Waals surface area contributed by atoms with Gasteiger partial charge in [-0.1, -0.05) is 67.1 Å². The Morgan fingerprint density at radius 2 is 1.54 bits per heavy atom. The lowest BCUT2D eigenvalue weighted by Gasteiger charge is -2.39. The number of hydrogen-bond donors (Lipinski definition) is 0. The van der Waals surface area contributed by atoms with Crippen LogP contribution in [0.25, 0.3) is 0 Å². The third-order valence-corrected chi connectivity index (χ3v) is 9.23. The number of carbonyl (C=O) groups is 2. The quantitative estimate of drug-likeness (QED) is 0.298. The molecular weight excluding hydrogens is 562 g/mol. The molecule has 0 unspecified atom stereocenters. The van der Waals surface area contributed by atoms with Gasteiger partial charge in [-0.25, -0.2) is 8.42 Å². The summed E-state index contributed by atoms with van der Waals surface area (Å²) in [5.41, 5.74) is 0.962. The Hall–Kier alpha value is -3.40. The predicted molar refractivity (Wildman–Crippen MR) is 159 cm³/mol. The van der Waals surface area contributed by atoms with Gasteiger partial charge in [-0.15, -0.1) is 0 Å². The van der Waals surface area contributed by atoms with Gasteiger partial charge in [-0.3, -0.25) is 9.59 Å². The van der Waals surface area contributed by atoms with Gasteiger partial charge in [0.2, 0.25) is 15.9 Å². The normalized spacial score (nSPS) is 14.2. The highest BCUT2D eigenvalue weighted by molar-refractivity contribution is 7.89. The average molecular weight is 598 g/mol. The number of rotatable bonds is 12. The molecule has 1 heterocycles. The molecule has 1 fully saturated rings. The van der Waals surface area contributed by atoms with Crippen LogP contribution in [0.15, 0.2) is 89.8 Å². The van der Waals surface area contributed by atoms with Crippen LogP contribution in [-0.4, -0.2) is 73.2 Å². The molecule has 0 aromatic heterocycles. The number of sulfonamides is 1. The fraction of sp³-hybridized carbons (Fsp3) is 0.355. The minimum atomic E-state index is -3.84. The molecule has 10 heteroatoms. The second-order valence-electron chi connectivity index (χ2n) is 10.0. The number of halogens is 1. The number of ether oxygens (including phenoxy) is 1. The molecule has 2 amide bonds. The fourth-order valence-corrected chi connectivity index (χ4v) is 6.54. The monoisotopic (exact) mass is 597 g/mol. The van der Waals surface area contributed by atoms with Crippen molar-refractivity contribution in [1.29, 1.82) is 0 Å². The summed E-state index contributed by atoms with van der Waals surface area (Å²) in [6, 6.07) is 24.6. The van der Waals surface area contributed by atoms with Crippen LogP contribution in [0.1, 0.15) is 31.7 Å². The van der Waals surface area contributed by atoms with Crippen molar-refractivity contribution in [2.45, 2.75) is 43.7 Å². The summed E-state index contributed by atoms with van der Waals surface area (Å²) < 4.78 is 33.7. The second kappa shape index (κ2) is 14.5. The SMILES string of the molecule is CCCN(CC(=O)N(Cc1ccccc1)C1CCN(C(=O)COc2ccc(Cl)cc2)CC1)S(=O)(=O)c1ccccc1. The summed E-state index contributed by atoms with van der Waals surface area (Å²) >= 11 is 5.91. The van der Waals surface area contributed by atoms with Crippen molar-refractivity contribution >= 4 is 33.4 Å². The van der Waals surface area contributed by atoms with Gasteiger partial charge in [0.1, 0.15) is 5.75 Å². The summed E-state index contributed by atoms with van der Waals surface area (Å²) in [4.78, 5) is 30.3. The van der Waals surface area contributed by atoms with Gasteiger partial charge < -0.3 is 14.5 Å². The van der Waals surface area contributed by atoms with E-state index in [-0.39, 0.29) is 42.4 Å². The molecule has 0 atom stereocenters. The van der Waals surface area contributed by atoms with Gasteiger partial charge in [-0.2, -0.15) is 4.31 Å². The molecule has 0 bridgehead atoms. The fourth-order valence-electron chi connectivity index (χ4n) is 4.91. The Labute approximate surface area is 247 Å². The zero-order valence-electron chi connectivity index (χ0n) is 23.2. The molecule has 218 valence electrons. The van der Waals surface area contributed by atoms with Crippen molar-refractivity contribution in [3.63, 3.8) is 0 Å². The molecule has 1 saturated heterocycles. The molecule has 0 aliphatic carbocycles. The summed E-state index contributed by atoms with van der Waals surface area (Å²) in [6.45, 7) is 3.13. The molecule has 0 spiro atoms. The smallest absolute Gasteiger partial charge is 0.260 e. The van der Waals surface area contributed by atoms with E-state index in [4.69, 9.17) is 16.3 Å². The third kappa shape index (κ3) is 8.31. The summed E-state index contributed by atoms with van der Waals surface area (Å²) in [5.74, 6) is 0.194. The van der Waals surface area contributed by atoms with Gasteiger partial charge >= 0.3 is 0 Å². The molecule has 8 nitrogen and oxygen atoms in total. The largest absolute Gasteiger partial charge is 0.484 e. The maximum atomic E-state index is 13.8. The van der Waals surface area contributed by atoms with Crippen LogP contribution < -0.4 is 4.74 Å². The first-order valence-electron chi connectivity index (χ1n) is 13.8. The van der Waals surface area contributed by atoms with Crippen LogP contribution in [0.4, 0.5) is 0 Å². The topological polar surface area (TPSA) is 87.2 Å². The lowest BCUT2D eigenvalue weighted by molar-refractivity contribution is -0.138. The van der Waals surface area contributed by atoms with Crippen LogP contribution in [0.3, 0.4) is 0 Å². The zero-order valence-corrected chi connectivity index (χ0v) is 24.8. The molecule has 0 saturated carbocycles. The standard InChI is InChI=1S/C31H36ClN3O5S/c1-2-19-34(41(38,39)29-11-7-4-8-12-29)23-30(36)35(22-25-9-5-3-6-10-25)27-17-20-33(21-18-27)31(37)24-40-28-15-13-26(32)14-16-28/h3-16,27H,2,17-24H2,1H3. The van der Waals surface area contributed by atoms with Gasteiger partial charge in [0.05, 0.1) is 11.4 Å². The highest BCUT2D eigenvalue weighted by Crippen LogP contribution is 2.22. The van der Waals surface area contributed by atoms with Crippen LogP contribution in [0.2, 0.25) is 5.02 Å². The average Bonchev–Trinajstić information content (AvgIpc) is 3.00. The summed E-state index contributed by atoms with van der Waals surface area (Å²) in [7, 11) is -3.84. The zero-order chi connectivity index (χ0) is 29.2. The Morgan fingerprint density at radius 1 is 0.927 bits per heavy atom. The van der Waals surface area contributed by atoms with Crippen LogP contribution >= 0.6 is 11.6 Å². The van der Waals surface area contributed by atoms with Gasteiger partial charge in [0, 0.05) is 37.2 Å². The van der Waals surface area contributed by atoms with Crippen molar-refractivity contribution in [3.05, 3.63) is 95.5 Å². The van der Waals surface area contributed by atoms with E-state index in [9.17, 15) is 18.0 Å². The first kappa shape index (κ1) is 30.6. The van der Waals surface area contributed by atoms with Gasteiger partial charge in [0.15, 0.2) is 6.61 Å². The molecule has 4 rings (SSSR count). The van der Waals surface area contributed by atoms with Crippen molar-refractivity contribution in [3.8, 4) is 5.75 Å². The summed E-state index contributed by atoms with van der Waals surface area (Å²) in [6.07, 6.45) is 1.76. The molecule has 1 aliphatic heterocycles. The number of amides is 2. The lowest BCUT2D eigenvalue weighted by atomic mass is 10.0. The van der Waals surface area contributed by atoms with Gasteiger partial charge in [0.25, 0.3) is 5.91 Å². The van der Waals surface area contributed by atoms with Crippen LogP contribution in [0, 0.1) is 0 Å². The van der Waals surface area contributed by atoms with E-state index in [1.807, 2.05) is 37.3 Å². The van der Waals surface area contributed by atoms with E-state index in [0.29, 0.717) is 49.7 Å². The Bertz CT molecular complexity index is 1380. The van der Waals surface area contributed by atoms with Crippen molar-refractivity contribution < 1.29 is 22.7 Å². The highest BCUT2D eigenvalue weighted by atomic mass is 35.5. The maximum absolute atomic E-state index is 13.8. The van der Waals surface area contributed by atoms with Crippen LogP contribution in [-0.2, 0) is 26.2 Å². The molecule has 1 aliphatic rings. The van der Waals surface area contributed by atoms with Crippen molar-refractivity contribution in [2.75, 3.05) is 32.8 Å². The first-order chi connectivity index (χ1) is 19.8. The molecule has 41 heavy (non-hydrogen) atoms.